The Morgan fingerprint density at radius 2 is 1.91 bits per heavy atom. The van der Waals surface area contributed by atoms with Gasteiger partial charge >= 0.3 is 6.18 Å². The fourth-order valence-corrected chi connectivity index (χ4v) is 4.23. The van der Waals surface area contributed by atoms with E-state index in [0.717, 1.165) is 11.6 Å². The molecule has 2 N–H and O–H groups in total. The molecule has 1 fully saturated rings. The third-order valence-electron chi connectivity index (χ3n) is 5.93. The molecule has 0 spiro atoms. The highest BCUT2D eigenvalue weighted by Gasteiger charge is 2.42. The Bertz CT molecular complexity index is 1210. The monoisotopic (exact) mass is 440 g/mol. The van der Waals surface area contributed by atoms with Gasteiger partial charge in [0, 0.05) is 23.7 Å². The van der Waals surface area contributed by atoms with Crippen molar-refractivity contribution < 1.29 is 27.8 Å². The fraction of sp³-hybridized carbons (Fsp3) is 0.250. The zero-order valence-electron chi connectivity index (χ0n) is 16.8. The van der Waals surface area contributed by atoms with Crippen LogP contribution >= 0.6 is 0 Å². The first kappa shape index (κ1) is 20.4. The number of carbonyl (C=O) groups is 1. The van der Waals surface area contributed by atoms with Crippen molar-refractivity contribution in [3.8, 4) is 17.2 Å². The molecule has 2 heterocycles. The van der Waals surface area contributed by atoms with Gasteiger partial charge in [-0.1, -0.05) is 18.2 Å². The van der Waals surface area contributed by atoms with Crippen LogP contribution in [0.3, 0.4) is 0 Å². The molecule has 1 unspecified atom stereocenters. The highest BCUT2D eigenvalue weighted by Crippen LogP contribution is 2.57. The number of fused-ring (bicyclic) bond motifs is 1. The number of carbonyl (C=O) groups excluding carboxylic acids is 1. The van der Waals surface area contributed by atoms with E-state index >= 15 is 0 Å². The van der Waals surface area contributed by atoms with Crippen LogP contribution in [0.15, 0.2) is 54.7 Å². The van der Waals surface area contributed by atoms with Gasteiger partial charge < -0.3 is 15.2 Å². The number of nitrogens with zero attached hydrogens (tertiary/aromatic N) is 1. The van der Waals surface area contributed by atoms with Crippen molar-refractivity contribution in [2.75, 3.05) is 5.32 Å². The summed E-state index contributed by atoms with van der Waals surface area (Å²) in [5.74, 6) is 1.35. The van der Waals surface area contributed by atoms with Crippen LogP contribution in [0.1, 0.15) is 46.9 Å². The van der Waals surface area contributed by atoms with Gasteiger partial charge in [0.2, 0.25) is 5.91 Å². The minimum Gasteiger partial charge on any atom is -0.508 e. The van der Waals surface area contributed by atoms with E-state index in [1.54, 1.807) is 30.5 Å². The molecule has 32 heavy (non-hydrogen) atoms. The number of hydrogen-bond donors (Lipinski definition) is 2. The van der Waals surface area contributed by atoms with Gasteiger partial charge in [-0.3, -0.25) is 4.79 Å². The zero-order chi connectivity index (χ0) is 22.5. The molecule has 1 aliphatic heterocycles. The highest BCUT2D eigenvalue weighted by molar-refractivity contribution is 5.93. The molecule has 2 atom stereocenters. The second-order valence-electron chi connectivity index (χ2n) is 8.08. The van der Waals surface area contributed by atoms with Gasteiger partial charge in [0.05, 0.1) is 5.56 Å². The number of phenols is 1. The number of nitrogens with one attached hydrogen (secondary N) is 1. The molecule has 5 nitrogen and oxygen atoms in total. The Morgan fingerprint density at radius 3 is 2.72 bits per heavy atom. The van der Waals surface area contributed by atoms with Gasteiger partial charge in [-0.2, -0.15) is 13.2 Å². The second kappa shape index (κ2) is 7.55. The maximum atomic E-state index is 13.1. The summed E-state index contributed by atoms with van der Waals surface area (Å²) in [6.07, 6.45) is -1.34. The first-order valence-corrected chi connectivity index (χ1v) is 10.3. The molecule has 1 saturated carbocycles. The summed E-state index contributed by atoms with van der Waals surface area (Å²) < 4.78 is 45.2. The molecule has 0 saturated heterocycles. The van der Waals surface area contributed by atoms with Gasteiger partial charge in [0.25, 0.3) is 0 Å². The summed E-state index contributed by atoms with van der Waals surface area (Å²) in [5.41, 5.74) is 1.38. The predicted octanol–water partition coefficient (Wildman–Crippen LogP) is 5.75. The molecule has 0 radical (unpaired) electrons. The number of halogens is 3. The summed E-state index contributed by atoms with van der Waals surface area (Å²) in [7, 11) is 0. The third-order valence-corrected chi connectivity index (χ3v) is 5.93. The molecule has 8 heteroatoms. The lowest BCUT2D eigenvalue weighted by atomic mass is 10.0. The van der Waals surface area contributed by atoms with Crippen LogP contribution in [-0.4, -0.2) is 16.0 Å². The quantitative estimate of drug-likeness (QED) is 0.542. The van der Waals surface area contributed by atoms with Crippen LogP contribution in [0, 0.1) is 0 Å². The van der Waals surface area contributed by atoms with Crippen molar-refractivity contribution >= 4 is 11.7 Å². The van der Waals surface area contributed by atoms with E-state index in [0.29, 0.717) is 47.7 Å². The SMILES string of the molecule is O=C1CCc2c(Oc3ccc(O)c([C@H]4CC4c4cccc(C(F)(F)F)c4)c3)ccnc2N1. The summed E-state index contributed by atoms with van der Waals surface area (Å²) in [5, 5.41) is 13.1. The lowest BCUT2D eigenvalue weighted by Gasteiger charge is -2.19. The number of aromatic hydroxyl groups is 1. The maximum absolute atomic E-state index is 13.1. The Kier molecular flexibility index (Phi) is 4.80. The number of alkyl halides is 3. The number of pyridine rings is 1. The summed E-state index contributed by atoms with van der Waals surface area (Å²) >= 11 is 0. The van der Waals surface area contributed by atoms with Gasteiger partial charge in [-0.15, -0.1) is 0 Å². The van der Waals surface area contributed by atoms with Crippen LogP contribution in [0.25, 0.3) is 0 Å². The first-order valence-electron chi connectivity index (χ1n) is 10.3. The molecule has 164 valence electrons. The average molecular weight is 440 g/mol. The van der Waals surface area contributed by atoms with Gasteiger partial charge in [0.15, 0.2) is 0 Å². The van der Waals surface area contributed by atoms with Gasteiger partial charge in [-0.05, 0) is 60.6 Å². The average Bonchev–Trinajstić information content (AvgIpc) is 3.55. The van der Waals surface area contributed by atoms with Crippen molar-refractivity contribution in [2.24, 2.45) is 0 Å². The van der Waals surface area contributed by atoms with Crippen molar-refractivity contribution in [1.82, 2.24) is 4.98 Å². The summed E-state index contributed by atoms with van der Waals surface area (Å²) in [6.45, 7) is 0. The molecule has 2 aromatic carbocycles. The molecule has 0 bridgehead atoms. The summed E-state index contributed by atoms with van der Waals surface area (Å²) in [4.78, 5) is 15.8. The smallest absolute Gasteiger partial charge is 0.416 e. The van der Waals surface area contributed by atoms with E-state index in [9.17, 15) is 23.1 Å². The number of hydrogen-bond acceptors (Lipinski definition) is 4. The Labute approximate surface area is 181 Å². The number of aromatic nitrogens is 1. The van der Waals surface area contributed by atoms with E-state index in [-0.39, 0.29) is 23.5 Å². The number of rotatable bonds is 4. The van der Waals surface area contributed by atoms with E-state index in [2.05, 4.69) is 10.3 Å². The molecular formula is C24H19F3N2O3. The van der Waals surface area contributed by atoms with Gasteiger partial charge in [0.1, 0.15) is 23.1 Å². The van der Waals surface area contributed by atoms with E-state index in [1.807, 2.05) is 0 Å². The van der Waals surface area contributed by atoms with Gasteiger partial charge in [-0.25, -0.2) is 4.98 Å². The second-order valence-corrected chi connectivity index (χ2v) is 8.08. The molecule has 5 rings (SSSR count). The summed E-state index contributed by atoms with van der Waals surface area (Å²) in [6, 6.07) is 11.9. The van der Waals surface area contributed by atoms with E-state index in [1.165, 1.54) is 18.2 Å². The van der Waals surface area contributed by atoms with Crippen molar-refractivity contribution in [2.45, 2.75) is 37.3 Å². The zero-order valence-corrected chi connectivity index (χ0v) is 16.8. The van der Waals surface area contributed by atoms with Crippen LogP contribution in [-0.2, 0) is 17.4 Å². The van der Waals surface area contributed by atoms with Crippen LogP contribution in [0.5, 0.6) is 17.2 Å². The minimum absolute atomic E-state index is 0.0841. The molecule has 3 aromatic rings. The standard InChI is InChI=1S/C24H19F3N2O3/c25-24(26,27)14-3-1-2-13(10-14)17-12-18(17)19-11-15(4-6-20(19)30)32-21-8-9-28-23-16(21)5-7-22(31)29-23/h1-4,6,8-11,17-18,30H,5,7,12H2,(H,28,29,31)/t17?,18-/m0/s1. The van der Waals surface area contributed by atoms with E-state index < -0.39 is 11.7 Å². The molecule has 2 aliphatic rings. The molecular weight excluding hydrogens is 421 g/mol. The lowest BCUT2D eigenvalue weighted by Crippen LogP contribution is -2.20. The van der Waals surface area contributed by atoms with Crippen molar-refractivity contribution in [3.63, 3.8) is 0 Å². The predicted molar refractivity (Wildman–Crippen MR) is 111 cm³/mol. The van der Waals surface area contributed by atoms with Crippen LogP contribution in [0.2, 0.25) is 0 Å². The first-order chi connectivity index (χ1) is 15.3. The number of phenolic OH excluding ortho intramolecular Hbond substituents is 1. The lowest BCUT2D eigenvalue weighted by molar-refractivity contribution is -0.137. The molecule has 1 aromatic heterocycles. The van der Waals surface area contributed by atoms with Crippen LogP contribution < -0.4 is 10.1 Å². The fourth-order valence-electron chi connectivity index (χ4n) is 4.23. The number of anilines is 1. The minimum atomic E-state index is -4.39. The normalized spacial score (nSPS) is 19.8. The third kappa shape index (κ3) is 3.88. The molecule has 1 amide bonds. The number of amides is 1. The van der Waals surface area contributed by atoms with E-state index in [4.69, 9.17) is 4.74 Å². The Balaban J connectivity index is 1.38. The van der Waals surface area contributed by atoms with Crippen LogP contribution in [0.4, 0.5) is 19.0 Å². The highest BCUT2D eigenvalue weighted by atomic mass is 19.4. The number of ether oxygens (including phenoxy) is 1. The number of benzene rings is 2. The Morgan fingerprint density at radius 1 is 1.06 bits per heavy atom. The molecule has 1 aliphatic carbocycles. The van der Waals surface area contributed by atoms with Crippen molar-refractivity contribution in [3.05, 3.63) is 77.0 Å². The maximum Gasteiger partial charge on any atom is 0.416 e. The Hall–Kier alpha value is -3.55. The van der Waals surface area contributed by atoms with Crippen molar-refractivity contribution in [1.29, 1.82) is 0 Å². The largest absolute Gasteiger partial charge is 0.508 e. The topological polar surface area (TPSA) is 71.5 Å².